The van der Waals surface area contributed by atoms with Crippen molar-refractivity contribution in [1.82, 2.24) is 0 Å². The number of hydrogen-bond donors (Lipinski definition) is 1. The van der Waals surface area contributed by atoms with Gasteiger partial charge in [0.1, 0.15) is 18.2 Å². The Morgan fingerprint density at radius 1 is 1.60 bits per heavy atom. The monoisotopic (exact) mass is 279 g/mol. The summed E-state index contributed by atoms with van der Waals surface area (Å²) in [6.45, 7) is 0.309. The standard InChI is InChI=1S/C12H13N3O5/c1-20-5-4-14(8-12(16)17)10-2-3-11(15(18)19)9(6-10)7-13/h2-3,6H,4-5,8H2,1H3,(H,16,17). The lowest BCUT2D eigenvalue weighted by Gasteiger charge is -2.22. The molecule has 0 aliphatic rings. The van der Waals surface area contributed by atoms with E-state index in [2.05, 4.69) is 0 Å². The summed E-state index contributed by atoms with van der Waals surface area (Å²) in [5.74, 6) is -1.04. The largest absolute Gasteiger partial charge is 0.480 e. The van der Waals surface area contributed by atoms with Crippen LogP contribution in [0.3, 0.4) is 0 Å². The SMILES string of the molecule is COCCN(CC(=O)O)c1ccc([N+](=O)[O-])c(C#N)c1. The maximum absolute atomic E-state index is 10.8. The molecule has 0 saturated carbocycles. The molecule has 1 aromatic rings. The van der Waals surface area contributed by atoms with Crippen LogP contribution in [0.4, 0.5) is 11.4 Å². The smallest absolute Gasteiger partial charge is 0.323 e. The number of nitriles is 1. The van der Waals surface area contributed by atoms with E-state index < -0.39 is 10.9 Å². The molecule has 0 spiro atoms. The molecule has 106 valence electrons. The van der Waals surface area contributed by atoms with Gasteiger partial charge in [0.2, 0.25) is 0 Å². The lowest BCUT2D eigenvalue weighted by molar-refractivity contribution is -0.385. The van der Waals surface area contributed by atoms with Crippen molar-refractivity contribution in [2.45, 2.75) is 0 Å². The molecular formula is C12H13N3O5. The molecule has 0 radical (unpaired) electrons. The Hall–Kier alpha value is -2.66. The van der Waals surface area contributed by atoms with E-state index in [1.54, 1.807) is 6.07 Å². The van der Waals surface area contributed by atoms with Crippen molar-refractivity contribution in [3.8, 4) is 6.07 Å². The molecule has 0 unspecified atom stereocenters. The summed E-state index contributed by atoms with van der Waals surface area (Å²) < 4.78 is 4.89. The molecule has 0 aliphatic heterocycles. The number of carboxylic acid groups (broad SMARTS) is 1. The molecule has 1 N–H and O–H groups in total. The van der Waals surface area contributed by atoms with Crippen LogP contribution in [-0.2, 0) is 9.53 Å². The van der Waals surface area contributed by atoms with E-state index in [1.165, 1.54) is 30.2 Å². The third-order valence-electron chi connectivity index (χ3n) is 2.55. The second-order valence-electron chi connectivity index (χ2n) is 3.88. The first kappa shape index (κ1) is 15.4. The topological polar surface area (TPSA) is 117 Å². The predicted molar refractivity (Wildman–Crippen MR) is 69.5 cm³/mol. The summed E-state index contributed by atoms with van der Waals surface area (Å²) in [5, 5.41) is 28.5. The van der Waals surface area contributed by atoms with Gasteiger partial charge in [-0.2, -0.15) is 5.26 Å². The van der Waals surface area contributed by atoms with Crippen molar-refractivity contribution < 1.29 is 19.6 Å². The average Bonchev–Trinajstić information content (AvgIpc) is 2.42. The number of anilines is 1. The minimum atomic E-state index is -1.04. The molecule has 0 atom stereocenters. The fraction of sp³-hybridized carbons (Fsp3) is 0.333. The van der Waals surface area contributed by atoms with E-state index in [-0.39, 0.29) is 17.8 Å². The second-order valence-corrected chi connectivity index (χ2v) is 3.88. The summed E-state index contributed by atoms with van der Waals surface area (Å²) in [6, 6.07) is 5.64. The van der Waals surface area contributed by atoms with Crippen LogP contribution >= 0.6 is 0 Å². The number of rotatable bonds is 7. The Labute approximate surface area is 114 Å². The van der Waals surface area contributed by atoms with Crippen LogP contribution in [0.2, 0.25) is 0 Å². The lowest BCUT2D eigenvalue weighted by Crippen LogP contribution is -2.32. The van der Waals surface area contributed by atoms with Gasteiger partial charge in [-0.25, -0.2) is 0 Å². The maximum Gasteiger partial charge on any atom is 0.323 e. The minimum absolute atomic E-state index is 0.111. The number of nitro benzene ring substituents is 1. The van der Waals surface area contributed by atoms with Crippen molar-refractivity contribution in [2.24, 2.45) is 0 Å². The van der Waals surface area contributed by atoms with E-state index >= 15 is 0 Å². The highest BCUT2D eigenvalue weighted by Gasteiger charge is 2.17. The van der Waals surface area contributed by atoms with Crippen molar-refractivity contribution in [3.63, 3.8) is 0 Å². The van der Waals surface area contributed by atoms with Crippen LogP contribution in [0.5, 0.6) is 0 Å². The van der Waals surface area contributed by atoms with Gasteiger partial charge < -0.3 is 14.7 Å². The average molecular weight is 279 g/mol. The first-order chi connectivity index (χ1) is 9.49. The summed E-state index contributed by atoms with van der Waals surface area (Å²) in [4.78, 5) is 22.4. The Bertz CT molecular complexity index is 553. The fourth-order valence-electron chi connectivity index (χ4n) is 1.63. The van der Waals surface area contributed by atoms with E-state index in [4.69, 9.17) is 15.1 Å². The van der Waals surface area contributed by atoms with Gasteiger partial charge in [-0.1, -0.05) is 0 Å². The van der Waals surface area contributed by atoms with Gasteiger partial charge in [-0.05, 0) is 12.1 Å². The van der Waals surface area contributed by atoms with Crippen LogP contribution in [0.1, 0.15) is 5.56 Å². The Morgan fingerprint density at radius 3 is 2.80 bits per heavy atom. The number of benzene rings is 1. The van der Waals surface area contributed by atoms with Crippen LogP contribution < -0.4 is 4.90 Å². The highest BCUT2D eigenvalue weighted by Crippen LogP contribution is 2.24. The van der Waals surface area contributed by atoms with Crippen LogP contribution in [0.25, 0.3) is 0 Å². The van der Waals surface area contributed by atoms with Gasteiger partial charge in [0.05, 0.1) is 11.5 Å². The first-order valence-electron chi connectivity index (χ1n) is 5.63. The Kier molecular flexibility index (Phi) is 5.43. The van der Waals surface area contributed by atoms with E-state index in [0.29, 0.717) is 18.8 Å². The normalized spacial score (nSPS) is 9.80. The zero-order valence-corrected chi connectivity index (χ0v) is 10.8. The summed E-state index contributed by atoms with van der Waals surface area (Å²) in [5.41, 5.74) is 0.00479. The number of nitrogens with zero attached hydrogens (tertiary/aromatic N) is 3. The Morgan fingerprint density at radius 2 is 2.30 bits per heavy atom. The quantitative estimate of drug-likeness (QED) is 0.584. The van der Waals surface area contributed by atoms with E-state index in [9.17, 15) is 14.9 Å². The van der Waals surface area contributed by atoms with Crippen molar-refractivity contribution in [3.05, 3.63) is 33.9 Å². The van der Waals surface area contributed by atoms with Crippen molar-refractivity contribution >= 4 is 17.3 Å². The molecule has 20 heavy (non-hydrogen) atoms. The molecule has 1 rings (SSSR count). The van der Waals surface area contributed by atoms with E-state index in [0.717, 1.165) is 0 Å². The van der Waals surface area contributed by atoms with E-state index in [1.807, 2.05) is 0 Å². The number of ether oxygens (including phenoxy) is 1. The molecule has 8 heteroatoms. The summed E-state index contributed by atoms with van der Waals surface area (Å²) >= 11 is 0. The first-order valence-corrected chi connectivity index (χ1v) is 5.63. The lowest BCUT2D eigenvalue weighted by atomic mass is 10.1. The number of carbonyl (C=O) groups is 1. The summed E-state index contributed by atoms with van der Waals surface area (Å²) in [6.07, 6.45) is 0. The molecule has 0 amide bonds. The second kappa shape index (κ2) is 7.06. The number of hydrogen-bond acceptors (Lipinski definition) is 6. The van der Waals surface area contributed by atoms with Crippen LogP contribution in [0.15, 0.2) is 18.2 Å². The fourth-order valence-corrected chi connectivity index (χ4v) is 1.63. The molecule has 0 bridgehead atoms. The minimum Gasteiger partial charge on any atom is -0.480 e. The molecule has 0 saturated heterocycles. The maximum atomic E-state index is 10.8. The molecule has 0 aromatic heterocycles. The number of carboxylic acids is 1. The van der Waals surface area contributed by atoms with Gasteiger partial charge >= 0.3 is 5.97 Å². The third kappa shape index (κ3) is 3.93. The molecule has 0 fully saturated rings. The zero-order chi connectivity index (χ0) is 15.1. The molecular weight excluding hydrogens is 266 g/mol. The molecule has 0 aliphatic carbocycles. The molecule has 8 nitrogen and oxygen atoms in total. The zero-order valence-electron chi connectivity index (χ0n) is 10.8. The highest BCUT2D eigenvalue weighted by atomic mass is 16.6. The van der Waals surface area contributed by atoms with Crippen molar-refractivity contribution in [1.29, 1.82) is 5.26 Å². The highest BCUT2D eigenvalue weighted by molar-refractivity contribution is 5.74. The van der Waals surface area contributed by atoms with Gasteiger partial charge in [-0.15, -0.1) is 0 Å². The number of nitro groups is 1. The van der Waals surface area contributed by atoms with Gasteiger partial charge in [0.15, 0.2) is 0 Å². The molecule has 0 heterocycles. The Balaban J connectivity index is 3.10. The van der Waals surface area contributed by atoms with Crippen LogP contribution in [-0.4, -0.2) is 42.8 Å². The number of aliphatic carboxylic acids is 1. The summed E-state index contributed by atoms with van der Waals surface area (Å²) in [7, 11) is 1.48. The predicted octanol–water partition coefficient (Wildman–Crippen LogP) is 1.00. The van der Waals surface area contributed by atoms with Crippen LogP contribution in [0, 0.1) is 21.4 Å². The van der Waals surface area contributed by atoms with Gasteiger partial charge in [0.25, 0.3) is 5.69 Å². The number of methoxy groups -OCH3 is 1. The van der Waals surface area contributed by atoms with Gasteiger partial charge in [-0.3, -0.25) is 14.9 Å². The van der Waals surface area contributed by atoms with Gasteiger partial charge in [0, 0.05) is 25.4 Å². The molecule has 1 aromatic carbocycles. The third-order valence-corrected chi connectivity index (χ3v) is 2.55. The van der Waals surface area contributed by atoms with Crippen molar-refractivity contribution in [2.75, 3.05) is 31.7 Å².